The number of rotatable bonds is 4. The first kappa shape index (κ1) is 14.6. The number of aromatic nitrogens is 1. The van der Waals surface area contributed by atoms with Crippen LogP contribution < -0.4 is 5.32 Å². The van der Waals surface area contributed by atoms with E-state index in [1.807, 2.05) is 24.4 Å². The highest BCUT2D eigenvalue weighted by atomic mass is 16.4. The number of H-pyrrole nitrogens is 1. The van der Waals surface area contributed by atoms with Crippen molar-refractivity contribution in [2.45, 2.75) is 44.1 Å². The maximum Gasteiger partial charge on any atom is 0.305 e. The number of carboxylic acids is 1. The van der Waals surface area contributed by atoms with Crippen LogP contribution in [0.3, 0.4) is 0 Å². The Morgan fingerprint density at radius 1 is 1.18 bits per heavy atom. The number of carbonyl (C=O) groups is 2. The second kappa shape index (κ2) is 5.83. The number of aliphatic carboxylic acids is 1. The van der Waals surface area contributed by atoms with Crippen molar-refractivity contribution in [3.8, 4) is 0 Å². The molecule has 0 radical (unpaired) electrons. The van der Waals surface area contributed by atoms with Gasteiger partial charge in [0.2, 0.25) is 0 Å². The van der Waals surface area contributed by atoms with Crippen LogP contribution in [0.4, 0.5) is 0 Å². The summed E-state index contributed by atoms with van der Waals surface area (Å²) in [5.74, 6) is -1.05. The van der Waals surface area contributed by atoms with E-state index in [-0.39, 0.29) is 12.3 Å². The maximum absolute atomic E-state index is 12.5. The molecule has 0 unspecified atom stereocenters. The van der Waals surface area contributed by atoms with Crippen molar-refractivity contribution in [2.24, 2.45) is 0 Å². The zero-order chi connectivity index (χ0) is 15.6. The van der Waals surface area contributed by atoms with Gasteiger partial charge in [-0.25, -0.2) is 0 Å². The Kier molecular flexibility index (Phi) is 3.88. The van der Waals surface area contributed by atoms with Gasteiger partial charge in [0, 0.05) is 17.3 Å². The fraction of sp³-hybridized carbons (Fsp3) is 0.412. The molecule has 1 aliphatic rings. The highest BCUT2D eigenvalue weighted by molar-refractivity contribution is 5.98. The van der Waals surface area contributed by atoms with Crippen LogP contribution in [0.5, 0.6) is 0 Å². The van der Waals surface area contributed by atoms with E-state index in [4.69, 9.17) is 0 Å². The summed E-state index contributed by atoms with van der Waals surface area (Å²) >= 11 is 0. The van der Waals surface area contributed by atoms with E-state index in [0.29, 0.717) is 5.56 Å². The van der Waals surface area contributed by atoms with Gasteiger partial charge in [0.1, 0.15) is 0 Å². The number of nitrogens with one attached hydrogen (secondary N) is 2. The van der Waals surface area contributed by atoms with Gasteiger partial charge in [-0.2, -0.15) is 0 Å². The molecule has 0 saturated heterocycles. The van der Waals surface area contributed by atoms with Crippen LogP contribution in [-0.2, 0) is 4.79 Å². The SMILES string of the molecule is O=C(O)CC1(NC(=O)c2ccc3cc[nH]c3c2)CCCCC1. The van der Waals surface area contributed by atoms with Crippen molar-refractivity contribution < 1.29 is 14.7 Å². The first-order valence-corrected chi connectivity index (χ1v) is 7.69. The standard InChI is InChI=1S/C17H20N2O3/c20-15(21)11-17(7-2-1-3-8-17)19-16(22)13-5-4-12-6-9-18-14(12)10-13/h4-6,9-10,18H,1-3,7-8,11H2,(H,19,22)(H,20,21). The lowest BCUT2D eigenvalue weighted by Gasteiger charge is -2.37. The molecule has 2 aromatic rings. The average Bonchev–Trinajstić information content (AvgIpc) is 2.94. The van der Waals surface area contributed by atoms with Gasteiger partial charge in [-0.05, 0) is 36.4 Å². The van der Waals surface area contributed by atoms with E-state index < -0.39 is 11.5 Å². The van der Waals surface area contributed by atoms with Crippen LogP contribution in [0.25, 0.3) is 10.9 Å². The summed E-state index contributed by atoms with van der Waals surface area (Å²) in [6, 6.07) is 7.43. The molecule has 0 spiro atoms. The van der Waals surface area contributed by atoms with Crippen molar-refractivity contribution in [2.75, 3.05) is 0 Å². The van der Waals surface area contributed by atoms with Crippen molar-refractivity contribution in [1.29, 1.82) is 0 Å². The van der Waals surface area contributed by atoms with E-state index in [0.717, 1.165) is 43.0 Å². The summed E-state index contributed by atoms with van der Waals surface area (Å²) in [5.41, 5.74) is 0.861. The van der Waals surface area contributed by atoms with Gasteiger partial charge in [-0.3, -0.25) is 9.59 Å². The zero-order valence-electron chi connectivity index (χ0n) is 12.4. The molecule has 22 heavy (non-hydrogen) atoms. The molecule has 1 saturated carbocycles. The van der Waals surface area contributed by atoms with Crippen molar-refractivity contribution in [3.05, 3.63) is 36.0 Å². The molecule has 5 heteroatoms. The number of benzene rings is 1. The number of carboxylic acid groups (broad SMARTS) is 1. The molecule has 3 N–H and O–H groups in total. The lowest BCUT2D eigenvalue weighted by atomic mass is 9.79. The molecule has 0 bridgehead atoms. The first-order chi connectivity index (χ1) is 10.6. The number of carbonyl (C=O) groups excluding carboxylic acids is 1. The van der Waals surface area contributed by atoms with E-state index in [2.05, 4.69) is 10.3 Å². The molecule has 1 fully saturated rings. The largest absolute Gasteiger partial charge is 0.481 e. The number of amides is 1. The van der Waals surface area contributed by atoms with Crippen LogP contribution in [0.15, 0.2) is 30.5 Å². The van der Waals surface area contributed by atoms with Gasteiger partial charge in [0.25, 0.3) is 5.91 Å². The predicted octanol–water partition coefficient (Wildman–Crippen LogP) is 3.08. The Hall–Kier alpha value is -2.30. The van der Waals surface area contributed by atoms with Crippen LogP contribution in [0.1, 0.15) is 48.9 Å². The molecular weight excluding hydrogens is 280 g/mol. The third-order valence-electron chi connectivity index (χ3n) is 4.50. The Labute approximate surface area is 128 Å². The monoisotopic (exact) mass is 300 g/mol. The second-order valence-electron chi connectivity index (χ2n) is 6.15. The third kappa shape index (κ3) is 2.98. The van der Waals surface area contributed by atoms with Gasteiger partial charge in [0.05, 0.1) is 12.0 Å². The molecular formula is C17H20N2O3. The van der Waals surface area contributed by atoms with Gasteiger partial charge >= 0.3 is 5.97 Å². The Morgan fingerprint density at radius 2 is 1.95 bits per heavy atom. The first-order valence-electron chi connectivity index (χ1n) is 7.69. The van der Waals surface area contributed by atoms with Gasteiger partial charge in [-0.15, -0.1) is 0 Å². The highest BCUT2D eigenvalue weighted by Crippen LogP contribution is 2.31. The summed E-state index contributed by atoms with van der Waals surface area (Å²) in [6.07, 6.45) is 6.31. The van der Waals surface area contributed by atoms with Crippen LogP contribution in [0, 0.1) is 0 Å². The topological polar surface area (TPSA) is 82.2 Å². The normalized spacial score (nSPS) is 17.3. The lowest BCUT2D eigenvalue weighted by Crippen LogP contribution is -2.51. The molecule has 1 aromatic carbocycles. The van der Waals surface area contributed by atoms with E-state index in [1.54, 1.807) is 6.07 Å². The summed E-state index contributed by atoms with van der Waals surface area (Å²) in [5, 5.41) is 13.2. The minimum absolute atomic E-state index is 0.0104. The minimum atomic E-state index is -0.859. The van der Waals surface area contributed by atoms with Gasteiger partial charge < -0.3 is 15.4 Å². The lowest BCUT2D eigenvalue weighted by molar-refractivity contribution is -0.139. The second-order valence-corrected chi connectivity index (χ2v) is 6.15. The minimum Gasteiger partial charge on any atom is -0.481 e. The zero-order valence-corrected chi connectivity index (χ0v) is 12.4. The van der Waals surface area contributed by atoms with E-state index >= 15 is 0 Å². The Bertz CT molecular complexity index is 699. The van der Waals surface area contributed by atoms with Crippen LogP contribution >= 0.6 is 0 Å². The fourth-order valence-corrected chi connectivity index (χ4v) is 3.37. The van der Waals surface area contributed by atoms with Crippen LogP contribution in [0.2, 0.25) is 0 Å². The van der Waals surface area contributed by atoms with E-state index in [1.165, 1.54) is 0 Å². The fourth-order valence-electron chi connectivity index (χ4n) is 3.37. The summed E-state index contributed by atoms with van der Waals surface area (Å²) in [6.45, 7) is 0. The molecule has 116 valence electrons. The summed E-state index contributed by atoms with van der Waals surface area (Å²) in [4.78, 5) is 26.8. The molecule has 1 heterocycles. The quantitative estimate of drug-likeness (QED) is 0.811. The molecule has 0 atom stereocenters. The molecule has 1 amide bonds. The number of hydrogen-bond acceptors (Lipinski definition) is 2. The molecule has 1 aromatic heterocycles. The maximum atomic E-state index is 12.5. The smallest absolute Gasteiger partial charge is 0.305 e. The molecule has 5 nitrogen and oxygen atoms in total. The number of hydrogen-bond donors (Lipinski definition) is 3. The number of fused-ring (bicyclic) bond motifs is 1. The summed E-state index contributed by atoms with van der Waals surface area (Å²) in [7, 11) is 0. The van der Waals surface area contributed by atoms with Crippen LogP contribution in [-0.4, -0.2) is 27.5 Å². The van der Waals surface area contributed by atoms with Crippen molar-refractivity contribution in [3.63, 3.8) is 0 Å². The summed E-state index contributed by atoms with van der Waals surface area (Å²) < 4.78 is 0. The molecule has 3 rings (SSSR count). The average molecular weight is 300 g/mol. The number of aromatic amines is 1. The van der Waals surface area contributed by atoms with Gasteiger partial charge in [0.15, 0.2) is 0 Å². The van der Waals surface area contributed by atoms with E-state index in [9.17, 15) is 14.7 Å². The molecule has 1 aliphatic carbocycles. The van der Waals surface area contributed by atoms with Crippen molar-refractivity contribution >= 4 is 22.8 Å². The van der Waals surface area contributed by atoms with Crippen molar-refractivity contribution in [1.82, 2.24) is 10.3 Å². The highest BCUT2D eigenvalue weighted by Gasteiger charge is 2.36. The Balaban J connectivity index is 1.81. The predicted molar refractivity (Wildman–Crippen MR) is 83.8 cm³/mol. The molecule has 0 aliphatic heterocycles. The van der Waals surface area contributed by atoms with Gasteiger partial charge in [-0.1, -0.05) is 25.3 Å². The third-order valence-corrected chi connectivity index (χ3v) is 4.50. The Morgan fingerprint density at radius 3 is 2.68 bits per heavy atom.